The molecule has 2 aromatic carbocycles. The molecule has 0 spiro atoms. The zero-order valence-corrected chi connectivity index (χ0v) is 15.3. The topological polar surface area (TPSA) is 72.7 Å². The van der Waals surface area contributed by atoms with Crippen molar-refractivity contribution in [1.29, 1.82) is 0 Å². The van der Waals surface area contributed by atoms with Gasteiger partial charge in [0.1, 0.15) is 6.33 Å². The summed E-state index contributed by atoms with van der Waals surface area (Å²) in [6.07, 6.45) is 2.58. The second-order valence-corrected chi connectivity index (χ2v) is 6.84. The number of nitrogens with zero attached hydrogens (tertiary/aromatic N) is 4. The number of benzene rings is 2. The Morgan fingerprint density at radius 1 is 1.04 bits per heavy atom. The summed E-state index contributed by atoms with van der Waals surface area (Å²) in [5.41, 5.74) is 3.82. The quantitative estimate of drug-likeness (QED) is 0.741. The third-order valence-electron chi connectivity index (χ3n) is 4.21. The van der Waals surface area contributed by atoms with E-state index in [0.29, 0.717) is 11.5 Å². The summed E-state index contributed by atoms with van der Waals surface area (Å²) >= 11 is 0. The largest absolute Gasteiger partial charge is 0.346 e. The zero-order valence-electron chi connectivity index (χ0n) is 15.3. The summed E-state index contributed by atoms with van der Waals surface area (Å²) in [5.74, 6) is 0.529. The van der Waals surface area contributed by atoms with E-state index < -0.39 is 0 Å². The maximum Gasteiger partial charge on any atom is 0.251 e. The van der Waals surface area contributed by atoms with E-state index in [1.165, 1.54) is 11.9 Å². The molecule has 6 nitrogen and oxygen atoms in total. The van der Waals surface area contributed by atoms with Crippen LogP contribution in [0.2, 0.25) is 0 Å². The van der Waals surface area contributed by atoms with Gasteiger partial charge < -0.3 is 5.32 Å². The lowest BCUT2D eigenvalue weighted by Gasteiger charge is -2.15. The molecule has 0 saturated heterocycles. The van der Waals surface area contributed by atoms with Crippen LogP contribution in [0.5, 0.6) is 0 Å². The van der Waals surface area contributed by atoms with E-state index in [-0.39, 0.29) is 11.9 Å². The summed E-state index contributed by atoms with van der Waals surface area (Å²) in [7, 11) is 0. The van der Waals surface area contributed by atoms with Crippen LogP contribution in [0, 0.1) is 5.92 Å². The fourth-order valence-electron chi connectivity index (χ4n) is 2.82. The Morgan fingerprint density at radius 2 is 1.73 bits per heavy atom. The molecule has 1 atom stereocenters. The Bertz CT molecular complexity index is 839. The maximum atomic E-state index is 12.5. The highest BCUT2D eigenvalue weighted by Gasteiger charge is 2.12. The molecular weight excluding hydrogens is 326 g/mol. The minimum absolute atomic E-state index is 0.0604. The minimum atomic E-state index is -0.105. The van der Waals surface area contributed by atoms with Gasteiger partial charge in [-0.3, -0.25) is 4.79 Å². The Morgan fingerprint density at radius 3 is 2.31 bits per heavy atom. The van der Waals surface area contributed by atoms with Crippen LogP contribution in [0.25, 0.3) is 5.69 Å². The summed E-state index contributed by atoms with van der Waals surface area (Å²) in [6, 6.07) is 15.6. The van der Waals surface area contributed by atoms with Gasteiger partial charge >= 0.3 is 0 Å². The Hall–Kier alpha value is -3.02. The van der Waals surface area contributed by atoms with Crippen LogP contribution in [0.1, 0.15) is 48.3 Å². The highest BCUT2D eigenvalue weighted by molar-refractivity contribution is 5.94. The number of amides is 1. The van der Waals surface area contributed by atoms with Gasteiger partial charge in [-0.05, 0) is 65.1 Å². The lowest BCUT2D eigenvalue weighted by Crippen LogP contribution is -2.26. The van der Waals surface area contributed by atoms with Crippen molar-refractivity contribution >= 4 is 5.91 Å². The molecule has 0 radical (unpaired) electrons. The number of rotatable bonds is 6. The van der Waals surface area contributed by atoms with Crippen LogP contribution in [-0.4, -0.2) is 26.1 Å². The smallest absolute Gasteiger partial charge is 0.251 e. The average Bonchev–Trinajstić information content (AvgIpc) is 3.16. The van der Waals surface area contributed by atoms with Crippen LogP contribution in [-0.2, 0) is 6.42 Å². The van der Waals surface area contributed by atoms with Crippen LogP contribution in [0.4, 0.5) is 0 Å². The molecule has 1 heterocycles. The van der Waals surface area contributed by atoms with Crippen molar-refractivity contribution < 1.29 is 4.79 Å². The highest BCUT2D eigenvalue weighted by atomic mass is 16.1. The number of nitrogens with one attached hydrogen (secondary N) is 1. The molecule has 1 aromatic heterocycles. The molecule has 1 amide bonds. The molecule has 0 saturated carbocycles. The number of aromatic nitrogens is 4. The SMILES string of the molecule is CC(C)Cc1ccc(C(C)NC(=O)c2ccc(-n3cnnn3)cc2)cc1. The van der Waals surface area contributed by atoms with Crippen LogP contribution < -0.4 is 5.32 Å². The van der Waals surface area contributed by atoms with Gasteiger partial charge in [0.25, 0.3) is 5.91 Å². The van der Waals surface area contributed by atoms with Gasteiger partial charge in [-0.15, -0.1) is 5.10 Å². The number of hydrogen-bond acceptors (Lipinski definition) is 4. The lowest BCUT2D eigenvalue weighted by molar-refractivity contribution is 0.0940. The molecule has 0 aliphatic carbocycles. The molecule has 3 aromatic rings. The first-order valence-corrected chi connectivity index (χ1v) is 8.76. The van der Waals surface area contributed by atoms with E-state index in [4.69, 9.17) is 0 Å². The predicted octanol–water partition coefficient (Wildman–Crippen LogP) is 3.35. The molecule has 0 bridgehead atoms. The standard InChI is InChI=1S/C20H23N5O/c1-14(2)12-16-4-6-17(7-5-16)15(3)22-20(26)18-8-10-19(11-9-18)25-13-21-23-24-25/h4-11,13-15H,12H2,1-3H3,(H,22,26). The molecular formula is C20H23N5O. The van der Waals surface area contributed by atoms with Gasteiger partial charge in [-0.1, -0.05) is 38.1 Å². The first kappa shape index (κ1) is 17.8. The van der Waals surface area contributed by atoms with Crippen molar-refractivity contribution in [1.82, 2.24) is 25.5 Å². The van der Waals surface area contributed by atoms with Crippen molar-refractivity contribution in [2.75, 3.05) is 0 Å². The normalized spacial score (nSPS) is 12.2. The van der Waals surface area contributed by atoms with Gasteiger partial charge in [0.05, 0.1) is 11.7 Å². The molecule has 0 aliphatic heterocycles. The first-order chi connectivity index (χ1) is 12.5. The lowest BCUT2D eigenvalue weighted by atomic mass is 10.00. The van der Waals surface area contributed by atoms with Crippen LogP contribution in [0.3, 0.4) is 0 Å². The molecule has 134 valence electrons. The van der Waals surface area contributed by atoms with Crippen molar-refractivity contribution in [3.63, 3.8) is 0 Å². The Balaban J connectivity index is 1.63. The highest BCUT2D eigenvalue weighted by Crippen LogP contribution is 2.16. The summed E-state index contributed by atoms with van der Waals surface area (Å²) in [4.78, 5) is 12.5. The molecule has 26 heavy (non-hydrogen) atoms. The first-order valence-electron chi connectivity index (χ1n) is 8.76. The predicted molar refractivity (Wildman–Crippen MR) is 100 cm³/mol. The molecule has 1 N–H and O–H groups in total. The molecule has 0 fully saturated rings. The second kappa shape index (κ2) is 7.91. The van der Waals surface area contributed by atoms with E-state index in [1.807, 2.05) is 19.1 Å². The maximum absolute atomic E-state index is 12.5. The average molecular weight is 349 g/mol. The number of hydrogen-bond donors (Lipinski definition) is 1. The monoisotopic (exact) mass is 349 g/mol. The fraction of sp³-hybridized carbons (Fsp3) is 0.300. The zero-order chi connectivity index (χ0) is 18.5. The van der Waals surface area contributed by atoms with E-state index in [1.54, 1.807) is 16.8 Å². The van der Waals surface area contributed by atoms with Gasteiger partial charge in [0, 0.05) is 5.56 Å². The van der Waals surface area contributed by atoms with Crippen LogP contribution >= 0.6 is 0 Å². The summed E-state index contributed by atoms with van der Waals surface area (Å²) < 4.78 is 1.54. The van der Waals surface area contributed by atoms with E-state index in [0.717, 1.165) is 17.7 Å². The van der Waals surface area contributed by atoms with Gasteiger partial charge in [0.15, 0.2) is 0 Å². The van der Waals surface area contributed by atoms with Crippen molar-refractivity contribution in [2.24, 2.45) is 5.92 Å². The van der Waals surface area contributed by atoms with E-state index in [9.17, 15) is 4.79 Å². The Kier molecular flexibility index (Phi) is 5.41. The van der Waals surface area contributed by atoms with E-state index >= 15 is 0 Å². The minimum Gasteiger partial charge on any atom is -0.346 e. The van der Waals surface area contributed by atoms with Crippen molar-refractivity contribution in [3.8, 4) is 5.69 Å². The summed E-state index contributed by atoms with van der Waals surface area (Å²) in [6.45, 7) is 6.41. The van der Waals surface area contributed by atoms with Gasteiger partial charge in [0.2, 0.25) is 0 Å². The van der Waals surface area contributed by atoms with Gasteiger partial charge in [-0.2, -0.15) is 0 Å². The molecule has 3 rings (SSSR count). The number of carbonyl (C=O) groups is 1. The fourth-order valence-corrected chi connectivity index (χ4v) is 2.82. The Labute approximate surface area is 153 Å². The molecule has 6 heteroatoms. The summed E-state index contributed by atoms with van der Waals surface area (Å²) in [5, 5.41) is 14.1. The van der Waals surface area contributed by atoms with Crippen molar-refractivity contribution in [2.45, 2.75) is 33.2 Å². The molecule has 1 unspecified atom stereocenters. The van der Waals surface area contributed by atoms with Crippen LogP contribution in [0.15, 0.2) is 54.9 Å². The number of tetrazole rings is 1. The van der Waals surface area contributed by atoms with E-state index in [2.05, 4.69) is 59.0 Å². The van der Waals surface area contributed by atoms with Gasteiger partial charge in [-0.25, -0.2) is 4.68 Å². The third-order valence-corrected chi connectivity index (χ3v) is 4.21. The number of carbonyl (C=O) groups excluding carboxylic acids is 1. The molecule has 0 aliphatic rings. The second-order valence-electron chi connectivity index (χ2n) is 6.84. The van der Waals surface area contributed by atoms with Crippen molar-refractivity contribution in [3.05, 3.63) is 71.5 Å². The third kappa shape index (κ3) is 4.33.